The van der Waals surface area contributed by atoms with Crippen LogP contribution in [-0.2, 0) is 13.0 Å². The minimum absolute atomic E-state index is 0.149. The molecule has 8 heteroatoms. The van der Waals surface area contributed by atoms with Crippen LogP contribution in [0.1, 0.15) is 28.7 Å². The summed E-state index contributed by atoms with van der Waals surface area (Å²) in [4.78, 5) is 17.7. The monoisotopic (exact) mass is 371 g/mol. The Morgan fingerprint density at radius 2 is 2.16 bits per heavy atom. The lowest BCUT2D eigenvalue weighted by molar-refractivity contribution is 0.102. The van der Waals surface area contributed by atoms with Gasteiger partial charge in [0.25, 0.3) is 5.91 Å². The van der Waals surface area contributed by atoms with Gasteiger partial charge in [-0.2, -0.15) is 0 Å². The van der Waals surface area contributed by atoms with E-state index in [9.17, 15) is 4.79 Å². The maximum absolute atomic E-state index is 12.4. The van der Waals surface area contributed by atoms with Gasteiger partial charge in [0.1, 0.15) is 4.88 Å². The molecule has 128 valence electrons. The smallest absolute Gasteiger partial charge is 0.269 e. The second-order valence-electron chi connectivity index (χ2n) is 5.78. The number of nitrogens with zero attached hydrogens (tertiary/aromatic N) is 4. The number of imidazole rings is 1. The number of aryl methyl sites for hydroxylation is 2. The van der Waals surface area contributed by atoms with Crippen molar-refractivity contribution >= 4 is 34.9 Å². The van der Waals surface area contributed by atoms with Crippen LogP contribution in [-0.4, -0.2) is 30.8 Å². The van der Waals surface area contributed by atoms with Crippen LogP contribution in [0, 0.1) is 0 Å². The van der Waals surface area contributed by atoms with Crippen LogP contribution < -0.4 is 5.32 Å². The maximum Gasteiger partial charge on any atom is 0.269 e. The highest BCUT2D eigenvalue weighted by atomic mass is 32.2. The molecule has 1 aliphatic heterocycles. The van der Waals surface area contributed by atoms with E-state index in [1.54, 1.807) is 11.8 Å². The van der Waals surface area contributed by atoms with E-state index in [1.165, 1.54) is 0 Å². The van der Waals surface area contributed by atoms with Gasteiger partial charge in [-0.15, -0.1) is 5.10 Å². The van der Waals surface area contributed by atoms with Gasteiger partial charge in [-0.1, -0.05) is 41.7 Å². The molecule has 1 aliphatic rings. The van der Waals surface area contributed by atoms with E-state index in [1.807, 2.05) is 24.3 Å². The Labute approximate surface area is 153 Å². The number of rotatable bonds is 5. The third kappa shape index (κ3) is 3.32. The second-order valence-corrected chi connectivity index (χ2v) is 7.60. The zero-order chi connectivity index (χ0) is 17.2. The highest BCUT2D eigenvalue weighted by Crippen LogP contribution is 2.29. The van der Waals surface area contributed by atoms with Crippen molar-refractivity contribution in [1.82, 2.24) is 19.1 Å². The molecule has 0 fully saturated rings. The van der Waals surface area contributed by atoms with Gasteiger partial charge >= 0.3 is 0 Å². The quantitative estimate of drug-likeness (QED) is 0.740. The summed E-state index contributed by atoms with van der Waals surface area (Å²) in [6.45, 7) is 3.08. The lowest BCUT2D eigenvalue weighted by Gasteiger charge is -2.05. The van der Waals surface area contributed by atoms with Crippen molar-refractivity contribution in [3.05, 3.63) is 41.0 Å². The minimum atomic E-state index is -0.149. The number of carbonyl (C=O) groups excluding carboxylic acids is 1. The average Bonchev–Trinajstić information content (AvgIpc) is 3.31. The zero-order valence-electron chi connectivity index (χ0n) is 13.7. The van der Waals surface area contributed by atoms with E-state index in [4.69, 9.17) is 0 Å². The van der Waals surface area contributed by atoms with Gasteiger partial charge < -0.3 is 9.88 Å². The van der Waals surface area contributed by atoms with Crippen LogP contribution >= 0.6 is 23.3 Å². The summed E-state index contributed by atoms with van der Waals surface area (Å²) in [6, 6.07) is 7.77. The standard InChI is InChI=1S/C17H17N5OS2/c1-2-3-13-15(25-21-20-13)16(23)18-12-6-4-11(5-7-12)14-10-22-8-9-24-17(22)19-14/h4-7,10H,2-3,8-9H2,1H3,(H,18,23). The molecule has 1 N–H and O–H groups in total. The van der Waals surface area contributed by atoms with Crippen LogP contribution in [0.5, 0.6) is 0 Å². The fourth-order valence-corrected chi connectivity index (χ4v) is 4.29. The van der Waals surface area contributed by atoms with Crippen molar-refractivity contribution in [1.29, 1.82) is 0 Å². The van der Waals surface area contributed by atoms with Gasteiger partial charge in [0.15, 0.2) is 5.16 Å². The number of benzene rings is 1. The van der Waals surface area contributed by atoms with Crippen LogP contribution in [0.4, 0.5) is 5.69 Å². The molecule has 1 aromatic carbocycles. The fraction of sp³-hybridized carbons (Fsp3) is 0.294. The highest BCUT2D eigenvalue weighted by molar-refractivity contribution is 7.99. The minimum Gasteiger partial charge on any atom is -0.325 e. The van der Waals surface area contributed by atoms with E-state index < -0.39 is 0 Å². The van der Waals surface area contributed by atoms with Crippen molar-refractivity contribution in [3.8, 4) is 11.3 Å². The molecule has 0 radical (unpaired) electrons. The number of hydrogen-bond acceptors (Lipinski definition) is 6. The molecule has 1 amide bonds. The lowest BCUT2D eigenvalue weighted by Crippen LogP contribution is -2.12. The first-order valence-electron chi connectivity index (χ1n) is 8.17. The lowest BCUT2D eigenvalue weighted by atomic mass is 10.1. The van der Waals surface area contributed by atoms with Crippen molar-refractivity contribution in [2.75, 3.05) is 11.1 Å². The first-order valence-corrected chi connectivity index (χ1v) is 9.93. The van der Waals surface area contributed by atoms with Gasteiger partial charge in [-0.3, -0.25) is 4.79 Å². The molecule has 0 spiro atoms. The number of hydrogen-bond donors (Lipinski definition) is 1. The predicted molar refractivity (Wildman–Crippen MR) is 100 cm³/mol. The largest absolute Gasteiger partial charge is 0.325 e. The van der Waals surface area contributed by atoms with E-state index in [-0.39, 0.29) is 5.91 Å². The predicted octanol–water partition coefficient (Wildman–Crippen LogP) is 3.71. The molecule has 3 heterocycles. The van der Waals surface area contributed by atoms with Crippen molar-refractivity contribution in [2.45, 2.75) is 31.5 Å². The number of thioether (sulfide) groups is 1. The Morgan fingerprint density at radius 3 is 2.92 bits per heavy atom. The summed E-state index contributed by atoms with van der Waals surface area (Å²) < 4.78 is 6.08. The molecular formula is C17H17N5OS2. The molecule has 0 unspecified atom stereocenters. The number of aromatic nitrogens is 4. The topological polar surface area (TPSA) is 72.7 Å². The third-order valence-electron chi connectivity index (χ3n) is 3.99. The third-order valence-corrected chi connectivity index (χ3v) is 5.73. The Balaban J connectivity index is 1.48. The van der Waals surface area contributed by atoms with Crippen LogP contribution in [0.2, 0.25) is 0 Å². The van der Waals surface area contributed by atoms with E-state index >= 15 is 0 Å². The second kappa shape index (κ2) is 6.97. The van der Waals surface area contributed by atoms with Gasteiger partial charge in [0, 0.05) is 29.7 Å². The Kier molecular flexibility index (Phi) is 4.54. The number of fused-ring (bicyclic) bond motifs is 1. The summed E-state index contributed by atoms with van der Waals surface area (Å²) >= 11 is 2.92. The van der Waals surface area contributed by atoms with Gasteiger partial charge in [-0.05, 0) is 30.1 Å². The molecule has 25 heavy (non-hydrogen) atoms. The molecule has 0 saturated carbocycles. The molecule has 2 aromatic heterocycles. The summed E-state index contributed by atoms with van der Waals surface area (Å²) in [5.74, 6) is 0.948. The SMILES string of the molecule is CCCc1nnsc1C(=O)Nc1ccc(-c2cn3c(n2)SCC3)cc1. The number of nitrogens with one attached hydrogen (secondary N) is 1. The van der Waals surface area contributed by atoms with Crippen molar-refractivity contribution in [3.63, 3.8) is 0 Å². The number of anilines is 1. The van der Waals surface area contributed by atoms with Gasteiger partial charge in [0.05, 0.1) is 11.4 Å². The average molecular weight is 371 g/mol. The number of carbonyl (C=O) groups is 1. The maximum atomic E-state index is 12.4. The van der Waals surface area contributed by atoms with Gasteiger partial charge in [0.2, 0.25) is 0 Å². The van der Waals surface area contributed by atoms with Crippen LogP contribution in [0.15, 0.2) is 35.6 Å². The van der Waals surface area contributed by atoms with Crippen molar-refractivity contribution < 1.29 is 4.79 Å². The van der Waals surface area contributed by atoms with E-state index in [0.717, 1.165) is 64.5 Å². The van der Waals surface area contributed by atoms with E-state index in [0.29, 0.717) is 4.88 Å². The van der Waals surface area contributed by atoms with E-state index in [2.05, 4.69) is 37.6 Å². The molecule has 0 saturated heterocycles. The summed E-state index contributed by atoms with van der Waals surface area (Å²) in [5, 5.41) is 8.04. The number of amides is 1. The molecule has 0 atom stereocenters. The summed E-state index contributed by atoms with van der Waals surface area (Å²) in [7, 11) is 0. The Hall–Kier alpha value is -2.19. The Bertz CT molecular complexity index is 879. The first kappa shape index (κ1) is 16.3. The van der Waals surface area contributed by atoms with Gasteiger partial charge in [-0.25, -0.2) is 4.98 Å². The molecule has 3 aromatic rings. The first-order chi connectivity index (χ1) is 12.2. The Morgan fingerprint density at radius 1 is 1.32 bits per heavy atom. The van der Waals surface area contributed by atoms with Crippen LogP contribution in [0.3, 0.4) is 0 Å². The molecule has 4 rings (SSSR count). The molecular weight excluding hydrogens is 354 g/mol. The molecule has 6 nitrogen and oxygen atoms in total. The van der Waals surface area contributed by atoms with Crippen LogP contribution in [0.25, 0.3) is 11.3 Å². The molecule has 0 bridgehead atoms. The zero-order valence-corrected chi connectivity index (χ0v) is 15.4. The fourth-order valence-electron chi connectivity index (χ4n) is 2.74. The molecule has 0 aliphatic carbocycles. The van der Waals surface area contributed by atoms with Crippen molar-refractivity contribution in [2.24, 2.45) is 0 Å². The summed E-state index contributed by atoms with van der Waals surface area (Å²) in [6.07, 6.45) is 3.79. The summed E-state index contributed by atoms with van der Waals surface area (Å²) in [5.41, 5.74) is 3.54. The highest BCUT2D eigenvalue weighted by Gasteiger charge is 2.17. The normalized spacial score (nSPS) is 13.0.